The fourth-order valence-electron chi connectivity index (χ4n) is 4.35. The molecule has 0 unspecified atom stereocenters. The average Bonchev–Trinajstić information content (AvgIpc) is 3.16. The summed E-state index contributed by atoms with van der Waals surface area (Å²) >= 11 is 0. The largest absolute Gasteiger partial charge is 0.343 e. The van der Waals surface area contributed by atoms with Gasteiger partial charge in [0.1, 0.15) is 5.65 Å². The molecule has 1 amide bonds. The molecule has 3 heterocycles. The highest BCUT2D eigenvalue weighted by Crippen LogP contribution is 2.36. The first-order valence-corrected chi connectivity index (χ1v) is 12.8. The maximum atomic E-state index is 13.7. The van der Waals surface area contributed by atoms with Crippen molar-refractivity contribution in [2.45, 2.75) is 46.6 Å². The zero-order valence-corrected chi connectivity index (χ0v) is 20.3. The number of rotatable bonds is 4. The summed E-state index contributed by atoms with van der Waals surface area (Å²) in [6.45, 7) is 8.09. The van der Waals surface area contributed by atoms with Gasteiger partial charge in [-0.3, -0.25) is 14.3 Å². The summed E-state index contributed by atoms with van der Waals surface area (Å²) in [5.41, 5.74) is 3.81. The number of sulfonamides is 1. The Labute approximate surface area is 192 Å². The Morgan fingerprint density at radius 2 is 1.94 bits per heavy atom. The van der Waals surface area contributed by atoms with Crippen molar-refractivity contribution in [2.75, 3.05) is 17.5 Å². The van der Waals surface area contributed by atoms with Crippen molar-refractivity contribution < 1.29 is 13.2 Å². The Hall–Kier alpha value is -3.14. The second-order valence-electron chi connectivity index (χ2n) is 9.11. The predicted molar refractivity (Wildman–Crippen MR) is 127 cm³/mol. The van der Waals surface area contributed by atoms with Crippen LogP contribution in [0.15, 0.2) is 29.1 Å². The smallest absolute Gasteiger partial charge is 0.277 e. The highest BCUT2D eigenvalue weighted by molar-refractivity contribution is 7.92. The van der Waals surface area contributed by atoms with Gasteiger partial charge in [-0.1, -0.05) is 18.6 Å². The van der Waals surface area contributed by atoms with E-state index in [0.29, 0.717) is 41.4 Å². The summed E-state index contributed by atoms with van der Waals surface area (Å²) in [6.07, 6.45) is 2.58. The van der Waals surface area contributed by atoms with Crippen molar-refractivity contribution in [1.82, 2.24) is 19.5 Å². The molecule has 1 aliphatic heterocycles. The molecule has 0 aliphatic carbocycles. The summed E-state index contributed by atoms with van der Waals surface area (Å²) in [4.78, 5) is 31.4. The van der Waals surface area contributed by atoms with E-state index in [4.69, 9.17) is 0 Å². The van der Waals surface area contributed by atoms with Crippen molar-refractivity contribution in [1.29, 1.82) is 0 Å². The van der Waals surface area contributed by atoms with Crippen LogP contribution in [0, 0.1) is 26.7 Å². The molecule has 33 heavy (non-hydrogen) atoms. The molecule has 1 aliphatic rings. The lowest BCUT2D eigenvalue weighted by Gasteiger charge is -2.38. The van der Waals surface area contributed by atoms with Crippen LogP contribution < -0.4 is 10.3 Å². The number of nitrogens with zero attached hydrogens (tertiary/aromatic N) is 3. The first-order valence-electron chi connectivity index (χ1n) is 10.9. The van der Waals surface area contributed by atoms with E-state index >= 15 is 0 Å². The lowest BCUT2D eigenvalue weighted by molar-refractivity contribution is 0.0552. The molecule has 3 aromatic rings. The van der Waals surface area contributed by atoms with Crippen LogP contribution in [-0.2, 0) is 10.0 Å². The van der Waals surface area contributed by atoms with E-state index in [-0.39, 0.29) is 23.2 Å². The number of aryl methyl sites for hydroxylation is 2. The quantitative estimate of drug-likeness (QED) is 0.607. The van der Waals surface area contributed by atoms with Crippen molar-refractivity contribution in [3.63, 3.8) is 0 Å². The molecule has 1 fully saturated rings. The van der Waals surface area contributed by atoms with E-state index in [9.17, 15) is 18.0 Å². The highest BCUT2D eigenvalue weighted by atomic mass is 32.2. The Kier molecular flexibility index (Phi) is 5.81. The number of aromatic nitrogens is 3. The molecular formula is C23H29N5O4S. The SMILES string of the molecule is Cc1ccc(NS(C)(=O)=O)c(C(=O)N2CC[C@@H](C)C[C@@H]2c2cc3[nH]c(C)c(C)c(=O)n3n2)c1. The monoisotopic (exact) mass is 471 g/mol. The molecule has 0 bridgehead atoms. The van der Waals surface area contributed by atoms with E-state index in [2.05, 4.69) is 21.7 Å². The summed E-state index contributed by atoms with van der Waals surface area (Å²) in [7, 11) is -3.56. The Bertz CT molecular complexity index is 1410. The number of hydrogen-bond acceptors (Lipinski definition) is 5. The van der Waals surface area contributed by atoms with Gasteiger partial charge in [-0.25, -0.2) is 8.42 Å². The molecule has 1 saturated heterocycles. The van der Waals surface area contributed by atoms with E-state index in [1.54, 1.807) is 30.0 Å². The number of carbonyl (C=O) groups is 1. The van der Waals surface area contributed by atoms with Crippen LogP contribution in [0.4, 0.5) is 5.69 Å². The fraction of sp³-hybridized carbons (Fsp3) is 0.435. The van der Waals surface area contributed by atoms with Crippen molar-refractivity contribution in [2.24, 2.45) is 5.92 Å². The molecule has 2 atom stereocenters. The lowest BCUT2D eigenvalue weighted by atomic mass is 9.90. The maximum absolute atomic E-state index is 13.7. The Morgan fingerprint density at radius 3 is 2.64 bits per heavy atom. The van der Waals surface area contributed by atoms with Gasteiger partial charge in [-0.05, 0) is 51.7 Å². The molecule has 0 saturated carbocycles. The molecule has 4 rings (SSSR count). The summed E-state index contributed by atoms with van der Waals surface area (Å²) in [6, 6.07) is 6.56. The van der Waals surface area contributed by atoms with Crippen LogP contribution in [0.25, 0.3) is 5.65 Å². The second kappa shape index (κ2) is 8.33. The van der Waals surface area contributed by atoms with Gasteiger partial charge in [-0.2, -0.15) is 9.61 Å². The first-order chi connectivity index (χ1) is 15.4. The van der Waals surface area contributed by atoms with Crippen LogP contribution in [-0.4, -0.2) is 46.6 Å². The van der Waals surface area contributed by atoms with Crippen LogP contribution in [0.2, 0.25) is 0 Å². The third kappa shape index (κ3) is 4.52. The minimum absolute atomic E-state index is 0.187. The number of piperidine rings is 1. The van der Waals surface area contributed by atoms with E-state index in [1.165, 1.54) is 4.52 Å². The van der Waals surface area contributed by atoms with Gasteiger partial charge in [0.15, 0.2) is 0 Å². The van der Waals surface area contributed by atoms with Crippen molar-refractivity contribution in [3.05, 3.63) is 62.7 Å². The van der Waals surface area contributed by atoms with Crippen LogP contribution in [0.1, 0.15) is 58.7 Å². The number of carbonyl (C=O) groups excluding carboxylic acids is 1. The predicted octanol–water partition coefficient (Wildman–Crippen LogP) is 2.93. The van der Waals surface area contributed by atoms with Gasteiger partial charge in [0.2, 0.25) is 10.0 Å². The average molecular weight is 472 g/mol. The first kappa shape index (κ1) is 23.0. The molecule has 10 heteroatoms. The maximum Gasteiger partial charge on any atom is 0.277 e. The second-order valence-corrected chi connectivity index (χ2v) is 10.9. The fourth-order valence-corrected chi connectivity index (χ4v) is 4.93. The molecule has 9 nitrogen and oxygen atoms in total. The number of nitrogens with one attached hydrogen (secondary N) is 2. The van der Waals surface area contributed by atoms with Crippen LogP contribution in [0.5, 0.6) is 0 Å². The van der Waals surface area contributed by atoms with Gasteiger partial charge in [0, 0.05) is 23.9 Å². The van der Waals surface area contributed by atoms with Crippen LogP contribution >= 0.6 is 0 Å². The Morgan fingerprint density at radius 1 is 1.21 bits per heavy atom. The number of aromatic amines is 1. The van der Waals surface area contributed by atoms with E-state index < -0.39 is 10.0 Å². The van der Waals surface area contributed by atoms with Crippen molar-refractivity contribution in [3.8, 4) is 0 Å². The minimum Gasteiger partial charge on any atom is -0.343 e. The molecule has 0 spiro atoms. The van der Waals surface area contributed by atoms with E-state index in [0.717, 1.165) is 23.9 Å². The number of likely N-dealkylation sites (tertiary alicyclic amines) is 1. The molecule has 176 valence electrons. The third-order valence-corrected chi connectivity index (χ3v) is 6.88. The Balaban J connectivity index is 1.78. The molecular weight excluding hydrogens is 442 g/mol. The number of hydrogen-bond donors (Lipinski definition) is 2. The lowest BCUT2D eigenvalue weighted by Crippen LogP contribution is -2.41. The number of amides is 1. The van der Waals surface area contributed by atoms with Crippen LogP contribution in [0.3, 0.4) is 0 Å². The molecule has 2 aromatic heterocycles. The number of anilines is 1. The highest BCUT2D eigenvalue weighted by Gasteiger charge is 2.34. The number of fused-ring (bicyclic) bond motifs is 1. The van der Waals surface area contributed by atoms with Gasteiger partial charge < -0.3 is 9.88 Å². The van der Waals surface area contributed by atoms with Gasteiger partial charge in [0.05, 0.1) is 29.2 Å². The van der Waals surface area contributed by atoms with Gasteiger partial charge in [0.25, 0.3) is 11.5 Å². The molecule has 2 N–H and O–H groups in total. The summed E-state index contributed by atoms with van der Waals surface area (Å²) in [5.74, 6) is 0.103. The third-order valence-electron chi connectivity index (χ3n) is 6.29. The number of benzene rings is 1. The summed E-state index contributed by atoms with van der Waals surface area (Å²) < 4.78 is 27.6. The zero-order valence-electron chi connectivity index (χ0n) is 19.5. The van der Waals surface area contributed by atoms with Gasteiger partial charge >= 0.3 is 0 Å². The normalized spacial score (nSPS) is 19.1. The summed E-state index contributed by atoms with van der Waals surface area (Å²) in [5, 5.41) is 4.57. The standard InChI is InChI=1S/C23H29N5O4S/c1-13-6-7-18(26-33(5,31)32)17(10-13)23(30)27-9-8-14(2)11-20(27)19-12-21-24-16(4)15(3)22(29)28(21)25-19/h6-7,10,12,14,20,24,26H,8-9,11H2,1-5H3/t14-,20-/m1/s1. The topological polar surface area (TPSA) is 117 Å². The molecule has 0 radical (unpaired) electrons. The van der Waals surface area contributed by atoms with Crippen molar-refractivity contribution >= 4 is 27.3 Å². The zero-order chi connectivity index (χ0) is 24.1. The van der Waals surface area contributed by atoms with Gasteiger partial charge in [-0.15, -0.1) is 0 Å². The van der Waals surface area contributed by atoms with E-state index in [1.807, 2.05) is 19.9 Å². The minimum atomic E-state index is -3.56. The number of H-pyrrole nitrogens is 1. The molecule has 1 aromatic carbocycles.